The van der Waals surface area contributed by atoms with E-state index in [1.165, 1.54) is 5.56 Å². The standard InChI is InChI=1S/C19H21N3O/c1-3-12-22-17-7-5-6-16(20)19(17)21-18(22)13-23-15-10-8-14(4-2)9-11-15/h3,5-11H,1,4,12-13,20H2,2H3. The number of aromatic nitrogens is 2. The minimum absolute atomic E-state index is 0.396. The lowest BCUT2D eigenvalue weighted by Gasteiger charge is -2.09. The number of hydrogen-bond acceptors (Lipinski definition) is 3. The Labute approximate surface area is 136 Å². The number of allylic oxidation sites excluding steroid dienone is 1. The molecule has 0 fully saturated rings. The normalized spacial score (nSPS) is 10.8. The Morgan fingerprint density at radius 1 is 1.22 bits per heavy atom. The summed E-state index contributed by atoms with van der Waals surface area (Å²) < 4.78 is 7.97. The van der Waals surface area contributed by atoms with Gasteiger partial charge in [-0.15, -0.1) is 6.58 Å². The van der Waals surface area contributed by atoms with Gasteiger partial charge in [-0.1, -0.05) is 31.2 Å². The molecule has 0 saturated carbocycles. The monoisotopic (exact) mass is 307 g/mol. The van der Waals surface area contributed by atoms with Crippen LogP contribution in [0.25, 0.3) is 11.0 Å². The van der Waals surface area contributed by atoms with Gasteiger partial charge in [0.2, 0.25) is 0 Å². The van der Waals surface area contributed by atoms with Crippen LogP contribution in [0.5, 0.6) is 5.75 Å². The molecule has 0 amide bonds. The van der Waals surface area contributed by atoms with Crippen LogP contribution in [-0.4, -0.2) is 9.55 Å². The second-order valence-electron chi connectivity index (χ2n) is 5.43. The van der Waals surface area contributed by atoms with Gasteiger partial charge in [-0.05, 0) is 36.2 Å². The quantitative estimate of drug-likeness (QED) is 0.554. The molecule has 118 valence electrons. The van der Waals surface area contributed by atoms with E-state index in [1.807, 2.05) is 36.4 Å². The highest BCUT2D eigenvalue weighted by Gasteiger charge is 2.12. The highest BCUT2D eigenvalue weighted by Crippen LogP contribution is 2.23. The summed E-state index contributed by atoms with van der Waals surface area (Å²) in [5, 5.41) is 0. The molecule has 0 saturated heterocycles. The van der Waals surface area contributed by atoms with Gasteiger partial charge in [0.05, 0.1) is 11.2 Å². The number of imidazole rings is 1. The molecule has 0 bridgehead atoms. The Bertz CT molecular complexity index is 818. The summed E-state index contributed by atoms with van der Waals surface area (Å²) in [6.07, 6.45) is 2.87. The van der Waals surface area contributed by atoms with Gasteiger partial charge in [0.25, 0.3) is 0 Å². The molecular formula is C19H21N3O. The highest BCUT2D eigenvalue weighted by atomic mass is 16.5. The molecule has 0 aliphatic carbocycles. The molecule has 3 rings (SSSR count). The maximum Gasteiger partial charge on any atom is 0.148 e. The SMILES string of the molecule is C=CCn1c(COc2ccc(CC)cc2)nc2c(N)cccc21. The van der Waals surface area contributed by atoms with Gasteiger partial charge in [0, 0.05) is 6.54 Å². The van der Waals surface area contributed by atoms with Crippen molar-refractivity contribution in [2.24, 2.45) is 0 Å². The molecule has 4 heteroatoms. The summed E-state index contributed by atoms with van der Waals surface area (Å²) in [6, 6.07) is 14.0. The number of rotatable bonds is 6. The van der Waals surface area contributed by atoms with E-state index in [2.05, 4.69) is 35.2 Å². The zero-order valence-electron chi connectivity index (χ0n) is 13.3. The van der Waals surface area contributed by atoms with Crippen LogP contribution in [0.3, 0.4) is 0 Å². The van der Waals surface area contributed by atoms with Gasteiger partial charge in [-0.25, -0.2) is 4.98 Å². The van der Waals surface area contributed by atoms with Crippen molar-refractivity contribution < 1.29 is 4.74 Å². The van der Waals surface area contributed by atoms with E-state index in [9.17, 15) is 0 Å². The first-order valence-corrected chi connectivity index (χ1v) is 7.79. The number of fused-ring (bicyclic) bond motifs is 1. The molecule has 3 aromatic rings. The average Bonchev–Trinajstić information content (AvgIpc) is 2.93. The molecule has 1 heterocycles. The third kappa shape index (κ3) is 3.06. The number of anilines is 1. The first-order chi connectivity index (χ1) is 11.2. The molecule has 0 spiro atoms. The Morgan fingerprint density at radius 3 is 2.70 bits per heavy atom. The molecule has 0 atom stereocenters. The molecule has 0 aliphatic rings. The van der Waals surface area contributed by atoms with Gasteiger partial charge in [0.1, 0.15) is 23.7 Å². The molecule has 0 aliphatic heterocycles. The van der Waals surface area contributed by atoms with Crippen LogP contribution < -0.4 is 10.5 Å². The number of benzene rings is 2. The molecule has 2 N–H and O–H groups in total. The largest absolute Gasteiger partial charge is 0.486 e. The average molecular weight is 307 g/mol. The topological polar surface area (TPSA) is 53.1 Å². The molecule has 4 nitrogen and oxygen atoms in total. The van der Waals surface area contributed by atoms with Gasteiger partial charge >= 0.3 is 0 Å². The van der Waals surface area contributed by atoms with Crippen LogP contribution in [-0.2, 0) is 19.6 Å². The van der Waals surface area contributed by atoms with Crippen molar-refractivity contribution in [1.82, 2.24) is 9.55 Å². The van der Waals surface area contributed by atoms with Crippen LogP contribution in [0.15, 0.2) is 55.1 Å². The number of aryl methyl sites for hydroxylation is 1. The van der Waals surface area contributed by atoms with Gasteiger partial charge in [-0.3, -0.25) is 0 Å². The number of nitrogens with zero attached hydrogens (tertiary/aromatic N) is 2. The lowest BCUT2D eigenvalue weighted by atomic mass is 10.2. The third-order valence-corrected chi connectivity index (χ3v) is 3.90. The van der Waals surface area contributed by atoms with Crippen molar-refractivity contribution in [3.8, 4) is 5.75 Å². The number of para-hydroxylation sites is 1. The fourth-order valence-corrected chi connectivity index (χ4v) is 2.63. The number of nitrogens with two attached hydrogens (primary N) is 1. The van der Waals surface area contributed by atoms with Crippen molar-refractivity contribution in [3.05, 3.63) is 66.5 Å². The maximum absolute atomic E-state index is 6.03. The van der Waals surface area contributed by atoms with Gasteiger partial charge in [0.15, 0.2) is 0 Å². The van der Waals surface area contributed by atoms with Crippen LogP contribution in [0.4, 0.5) is 5.69 Å². The van der Waals surface area contributed by atoms with E-state index in [0.29, 0.717) is 18.8 Å². The zero-order chi connectivity index (χ0) is 16.2. The van der Waals surface area contributed by atoms with E-state index in [1.54, 1.807) is 0 Å². The lowest BCUT2D eigenvalue weighted by Crippen LogP contribution is -2.06. The molecule has 0 radical (unpaired) electrons. The van der Waals surface area contributed by atoms with Crippen LogP contribution >= 0.6 is 0 Å². The van der Waals surface area contributed by atoms with E-state index in [4.69, 9.17) is 10.5 Å². The second-order valence-corrected chi connectivity index (χ2v) is 5.43. The zero-order valence-corrected chi connectivity index (χ0v) is 13.3. The summed E-state index contributed by atoms with van der Waals surface area (Å²) >= 11 is 0. The Hall–Kier alpha value is -2.75. The van der Waals surface area contributed by atoms with Gasteiger partial charge < -0.3 is 15.0 Å². The predicted octanol–water partition coefficient (Wildman–Crippen LogP) is 3.95. The van der Waals surface area contributed by atoms with Crippen molar-refractivity contribution in [2.45, 2.75) is 26.5 Å². The summed E-state index contributed by atoms with van der Waals surface area (Å²) in [5.41, 5.74) is 9.82. The van der Waals surface area contributed by atoms with Crippen molar-refractivity contribution in [3.63, 3.8) is 0 Å². The third-order valence-electron chi connectivity index (χ3n) is 3.90. The first kappa shape index (κ1) is 15.2. The van der Waals surface area contributed by atoms with E-state index >= 15 is 0 Å². The van der Waals surface area contributed by atoms with E-state index in [0.717, 1.165) is 29.0 Å². The lowest BCUT2D eigenvalue weighted by molar-refractivity contribution is 0.291. The number of ether oxygens (including phenoxy) is 1. The summed E-state index contributed by atoms with van der Waals surface area (Å²) in [7, 11) is 0. The van der Waals surface area contributed by atoms with Crippen LogP contribution in [0.2, 0.25) is 0 Å². The van der Waals surface area contributed by atoms with Gasteiger partial charge in [-0.2, -0.15) is 0 Å². The Morgan fingerprint density at radius 2 is 2.00 bits per heavy atom. The number of nitrogen functional groups attached to an aromatic ring is 1. The molecule has 2 aromatic carbocycles. The molecular weight excluding hydrogens is 286 g/mol. The van der Waals surface area contributed by atoms with Crippen molar-refractivity contribution in [1.29, 1.82) is 0 Å². The van der Waals surface area contributed by atoms with Crippen molar-refractivity contribution in [2.75, 3.05) is 5.73 Å². The highest BCUT2D eigenvalue weighted by molar-refractivity contribution is 5.87. The van der Waals surface area contributed by atoms with Crippen LogP contribution in [0.1, 0.15) is 18.3 Å². The molecule has 0 unspecified atom stereocenters. The fourth-order valence-electron chi connectivity index (χ4n) is 2.63. The van der Waals surface area contributed by atoms with Crippen LogP contribution in [0, 0.1) is 0 Å². The van der Waals surface area contributed by atoms with E-state index in [-0.39, 0.29) is 0 Å². The smallest absolute Gasteiger partial charge is 0.148 e. The van der Waals surface area contributed by atoms with Crippen molar-refractivity contribution >= 4 is 16.7 Å². The minimum atomic E-state index is 0.396. The summed E-state index contributed by atoms with van der Waals surface area (Å²) in [5.74, 6) is 1.68. The summed E-state index contributed by atoms with van der Waals surface area (Å²) in [4.78, 5) is 4.64. The minimum Gasteiger partial charge on any atom is -0.486 e. The number of hydrogen-bond donors (Lipinski definition) is 1. The molecule has 23 heavy (non-hydrogen) atoms. The fraction of sp³-hybridized carbons (Fsp3) is 0.211. The Balaban J connectivity index is 1.87. The first-order valence-electron chi connectivity index (χ1n) is 7.79. The predicted molar refractivity (Wildman–Crippen MR) is 94.5 cm³/mol. The van der Waals surface area contributed by atoms with E-state index < -0.39 is 0 Å². The Kier molecular flexibility index (Phi) is 4.33. The second kappa shape index (κ2) is 6.57. The summed E-state index contributed by atoms with van der Waals surface area (Å²) in [6.45, 7) is 7.03. The molecule has 1 aromatic heterocycles. The maximum atomic E-state index is 6.03.